The molecule has 1 heterocycles. The Balaban J connectivity index is 0.00000385. The van der Waals surface area contributed by atoms with Crippen LogP contribution in [0.2, 0.25) is 0 Å². The minimum atomic E-state index is 0. The lowest BCUT2D eigenvalue weighted by molar-refractivity contribution is 0.238. The highest BCUT2D eigenvalue weighted by Crippen LogP contribution is 2.27. The number of hydrogen-bond acceptors (Lipinski definition) is 5. The predicted molar refractivity (Wildman–Crippen MR) is 144 cm³/mol. The van der Waals surface area contributed by atoms with Crippen molar-refractivity contribution in [1.29, 1.82) is 0 Å². The molecular weight excluding hydrogens is 531 g/mol. The van der Waals surface area contributed by atoms with E-state index in [4.69, 9.17) is 19.9 Å². The van der Waals surface area contributed by atoms with Gasteiger partial charge in [-0.3, -0.25) is 9.89 Å². The van der Waals surface area contributed by atoms with Gasteiger partial charge in [-0.15, -0.1) is 24.0 Å². The lowest BCUT2D eigenvalue weighted by Gasteiger charge is -2.15. The zero-order chi connectivity index (χ0) is 22.6. The van der Waals surface area contributed by atoms with E-state index in [1.165, 1.54) is 31.5 Å². The van der Waals surface area contributed by atoms with Gasteiger partial charge in [0.25, 0.3) is 0 Å². The van der Waals surface area contributed by atoms with E-state index in [0.717, 1.165) is 48.8 Å². The highest BCUT2D eigenvalue weighted by Gasteiger charge is 2.10. The monoisotopic (exact) mass is 568 g/mol. The molecule has 2 aromatic carbocycles. The van der Waals surface area contributed by atoms with E-state index in [1.54, 1.807) is 14.2 Å². The first kappa shape index (κ1) is 27.0. The average Bonchev–Trinajstić information content (AvgIpc) is 3.33. The highest BCUT2D eigenvalue weighted by molar-refractivity contribution is 14.0. The first-order chi connectivity index (χ1) is 15.7. The van der Waals surface area contributed by atoms with Crippen LogP contribution in [-0.2, 0) is 12.8 Å². The van der Waals surface area contributed by atoms with Gasteiger partial charge in [-0.2, -0.15) is 0 Å². The van der Waals surface area contributed by atoms with Gasteiger partial charge in [0, 0.05) is 19.6 Å². The van der Waals surface area contributed by atoms with Crippen LogP contribution in [0.4, 0.5) is 0 Å². The van der Waals surface area contributed by atoms with Crippen LogP contribution in [0.25, 0.3) is 0 Å². The Morgan fingerprint density at radius 1 is 0.970 bits per heavy atom. The third-order valence-electron chi connectivity index (χ3n) is 5.65. The summed E-state index contributed by atoms with van der Waals surface area (Å²) >= 11 is 0. The van der Waals surface area contributed by atoms with Crippen molar-refractivity contribution < 1.29 is 14.2 Å². The number of methoxy groups -OCH3 is 2. The van der Waals surface area contributed by atoms with Crippen LogP contribution in [0.3, 0.4) is 0 Å². The lowest BCUT2D eigenvalue weighted by atomic mass is 10.1. The fraction of sp³-hybridized carbons (Fsp3) is 0.480. The van der Waals surface area contributed by atoms with Gasteiger partial charge in [0.2, 0.25) is 0 Å². The summed E-state index contributed by atoms with van der Waals surface area (Å²) in [6.45, 7) is 5.51. The summed E-state index contributed by atoms with van der Waals surface area (Å²) in [6.07, 6.45) is 4.28. The number of hydrogen-bond donors (Lipinski definition) is 2. The Morgan fingerprint density at radius 3 is 2.36 bits per heavy atom. The topological polar surface area (TPSA) is 81.3 Å². The number of nitrogens with two attached hydrogens (primary N) is 1. The number of halogens is 1. The number of benzene rings is 2. The number of nitrogens with zero attached hydrogens (tertiary/aromatic N) is 2. The Morgan fingerprint density at radius 2 is 1.67 bits per heavy atom. The molecule has 8 heteroatoms. The largest absolute Gasteiger partial charge is 0.493 e. The number of ether oxygens (including phenoxy) is 3. The number of likely N-dealkylation sites (tertiary alicyclic amines) is 1. The van der Waals surface area contributed by atoms with E-state index < -0.39 is 0 Å². The molecule has 1 saturated heterocycles. The van der Waals surface area contributed by atoms with Crippen molar-refractivity contribution in [3.63, 3.8) is 0 Å². The van der Waals surface area contributed by atoms with Gasteiger partial charge in [0.1, 0.15) is 12.4 Å². The molecule has 1 aliphatic heterocycles. The maximum atomic E-state index is 6.00. The molecule has 3 rings (SSSR count). The summed E-state index contributed by atoms with van der Waals surface area (Å²) in [4.78, 5) is 6.89. The summed E-state index contributed by atoms with van der Waals surface area (Å²) in [5.74, 6) is 2.85. The summed E-state index contributed by atoms with van der Waals surface area (Å²) < 4.78 is 16.5. The van der Waals surface area contributed by atoms with Gasteiger partial charge in [0.05, 0.1) is 14.2 Å². The van der Waals surface area contributed by atoms with Crippen molar-refractivity contribution >= 4 is 29.9 Å². The maximum absolute atomic E-state index is 6.00. The van der Waals surface area contributed by atoms with E-state index >= 15 is 0 Å². The van der Waals surface area contributed by atoms with Crippen LogP contribution >= 0.6 is 24.0 Å². The normalized spacial score (nSPS) is 13.9. The van der Waals surface area contributed by atoms with Gasteiger partial charge in [0.15, 0.2) is 17.5 Å². The first-order valence-corrected chi connectivity index (χ1v) is 11.4. The fourth-order valence-corrected chi connectivity index (χ4v) is 3.78. The Bertz CT molecular complexity index is 855. The molecule has 0 unspecified atom stereocenters. The number of nitrogens with one attached hydrogen (secondary N) is 1. The van der Waals surface area contributed by atoms with Gasteiger partial charge >= 0.3 is 0 Å². The van der Waals surface area contributed by atoms with E-state index in [9.17, 15) is 0 Å². The smallest absolute Gasteiger partial charge is 0.188 e. The molecule has 1 fully saturated rings. The van der Waals surface area contributed by atoms with E-state index in [2.05, 4.69) is 27.3 Å². The second kappa shape index (κ2) is 14.8. The Labute approximate surface area is 214 Å². The number of aliphatic imine (C=N–C) groups is 1. The lowest BCUT2D eigenvalue weighted by Crippen LogP contribution is -2.33. The van der Waals surface area contributed by atoms with E-state index in [0.29, 0.717) is 19.0 Å². The van der Waals surface area contributed by atoms with Crippen molar-refractivity contribution in [3.05, 3.63) is 53.6 Å². The van der Waals surface area contributed by atoms with E-state index in [-0.39, 0.29) is 24.0 Å². The third-order valence-corrected chi connectivity index (χ3v) is 5.65. The summed E-state index contributed by atoms with van der Waals surface area (Å²) in [5, 5.41) is 3.17. The van der Waals surface area contributed by atoms with Gasteiger partial charge in [-0.25, -0.2) is 0 Å². The Kier molecular flexibility index (Phi) is 12.2. The van der Waals surface area contributed by atoms with Crippen molar-refractivity contribution in [2.45, 2.75) is 25.7 Å². The summed E-state index contributed by atoms with van der Waals surface area (Å²) in [6, 6.07) is 14.2. The molecule has 0 radical (unpaired) electrons. The van der Waals surface area contributed by atoms with Crippen molar-refractivity contribution in [1.82, 2.24) is 10.2 Å². The quantitative estimate of drug-likeness (QED) is 0.232. The molecule has 0 amide bonds. The molecule has 3 N–H and O–H groups in total. The van der Waals surface area contributed by atoms with Crippen LogP contribution in [0.5, 0.6) is 17.2 Å². The van der Waals surface area contributed by atoms with Crippen LogP contribution < -0.4 is 25.3 Å². The van der Waals surface area contributed by atoms with Gasteiger partial charge in [-0.1, -0.05) is 18.2 Å². The molecule has 0 spiro atoms. The first-order valence-electron chi connectivity index (χ1n) is 11.4. The standard InChI is InChI=1S/C25H36N4O3.HI/c1-30-23-10-7-21(19-24(23)31-2)12-14-28-25(26)27-13-11-20-5-8-22(9-6-20)32-18-17-29-15-3-4-16-29;/h5-10,19H,3-4,11-18H2,1-2H3,(H3,26,27,28);1H. The van der Waals surface area contributed by atoms with Gasteiger partial charge < -0.3 is 25.3 Å². The Hall–Kier alpha value is -2.20. The number of guanidine groups is 1. The zero-order valence-corrected chi connectivity index (χ0v) is 22.0. The van der Waals surface area contributed by atoms with Crippen LogP contribution in [0, 0.1) is 0 Å². The zero-order valence-electron chi connectivity index (χ0n) is 19.7. The third kappa shape index (κ3) is 9.29. The van der Waals surface area contributed by atoms with Gasteiger partial charge in [-0.05, 0) is 74.2 Å². The molecular formula is C25H37IN4O3. The van der Waals surface area contributed by atoms with Crippen LogP contribution in [-0.4, -0.2) is 64.4 Å². The SMILES string of the molecule is COc1ccc(CCNC(N)=NCCc2ccc(OCCN3CCCC3)cc2)cc1OC.I. The molecule has 1 aliphatic rings. The summed E-state index contributed by atoms with van der Waals surface area (Å²) in [5.41, 5.74) is 8.37. The average molecular weight is 569 g/mol. The highest BCUT2D eigenvalue weighted by atomic mass is 127. The van der Waals surface area contributed by atoms with Crippen molar-refractivity contribution in [3.8, 4) is 17.2 Å². The molecule has 2 aromatic rings. The van der Waals surface area contributed by atoms with Crippen molar-refractivity contribution in [2.24, 2.45) is 10.7 Å². The second-order valence-electron chi connectivity index (χ2n) is 7.92. The molecule has 33 heavy (non-hydrogen) atoms. The molecule has 7 nitrogen and oxygen atoms in total. The molecule has 0 aromatic heterocycles. The van der Waals surface area contributed by atoms with E-state index in [1.807, 2.05) is 30.3 Å². The number of rotatable bonds is 12. The predicted octanol–water partition coefficient (Wildman–Crippen LogP) is 3.49. The van der Waals surface area contributed by atoms with Crippen molar-refractivity contribution in [2.75, 3.05) is 53.6 Å². The van der Waals surface area contributed by atoms with Crippen LogP contribution in [0.15, 0.2) is 47.5 Å². The minimum Gasteiger partial charge on any atom is -0.493 e. The molecule has 0 bridgehead atoms. The molecule has 0 atom stereocenters. The fourth-order valence-electron chi connectivity index (χ4n) is 3.78. The molecule has 182 valence electrons. The summed E-state index contributed by atoms with van der Waals surface area (Å²) in [7, 11) is 3.27. The molecule has 0 aliphatic carbocycles. The van der Waals surface area contributed by atoms with Crippen LogP contribution in [0.1, 0.15) is 24.0 Å². The maximum Gasteiger partial charge on any atom is 0.188 e. The molecule has 0 saturated carbocycles. The second-order valence-corrected chi connectivity index (χ2v) is 7.92. The minimum absolute atomic E-state index is 0.